The van der Waals surface area contributed by atoms with Crippen molar-refractivity contribution in [2.24, 2.45) is 5.41 Å². The molecule has 1 rings (SSSR count). The average molecular weight is 316 g/mol. The Hall–Kier alpha value is -0.410. The fraction of sp³-hybridized carbons (Fsp3) is 0.600. The highest BCUT2D eigenvalue weighted by Gasteiger charge is 2.23. The van der Waals surface area contributed by atoms with Crippen LogP contribution in [-0.2, 0) is 6.42 Å². The molecule has 0 bridgehead atoms. The van der Waals surface area contributed by atoms with Crippen molar-refractivity contribution >= 4 is 15.9 Å². The van der Waals surface area contributed by atoms with E-state index in [1.165, 1.54) is 6.07 Å². The van der Waals surface area contributed by atoms with Crippen LogP contribution in [0.1, 0.15) is 39.7 Å². The molecular weight excluding hydrogens is 293 g/mol. The molecule has 18 heavy (non-hydrogen) atoms. The largest absolute Gasteiger partial charge is 0.314 e. The van der Waals surface area contributed by atoms with E-state index in [9.17, 15) is 4.39 Å². The zero-order valence-corrected chi connectivity index (χ0v) is 13.3. The Bertz CT molecular complexity index is 364. The molecule has 102 valence electrons. The van der Waals surface area contributed by atoms with Gasteiger partial charge in [0.25, 0.3) is 0 Å². The van der Waals surface area contributed by atoms with Gasteiger partial charge >= 0.3 is 0 Å². The third-order valence-electron chi connectivity index (χ3n) is 3.14. The second-order valence-electron chi connectivity index (χ2n) is 5.79. The first-order valence-electron chi connectivity index (χ1n) is 6.51. The van der Waals surface area contributed by atoms with Crippen LogP contribution in [0.15, 0.2) is 22.7 Å². The summed E-state index contributed by atoms with van der Waals surface area (Å²) in [7, 11) is 0. The Balaban J connectivity index is 2.67. The third kappa shape index (κ3) is 5.07. The van der Waals surface area contributed by atoms with E-state index in [1.54, 1.807) is 6.07 Å². The minimum absolute atomic E-state index is 0.171. The van der Waals surface area contributed by atoms with E-state index < -0.39 is 0 Å². The number of rotatable bonds is 5. The van der Waals surface area contributed by atoms with Crippen molar-refractivity contribution in [3.63, 3.8) is 0 Å². The van der Waals surface area contributed by atoms with Crippen molar-refractivity contribution in [3.8, 4) is 0 Å². The van der Waals surface area contributed by atoms with Gasteiger partial charge in [-0.1, -0.05) is 43.6 Å². The molecule has 1 atom stereocenters. The average Bonchev–Trinajstić information content (AvgIpc) is 2.21. The van der Waals surface area contributed by atoms with Crippen molar-refractivity contribution in [3.05, 3.63) is 34.1 Å². The van der Waals surface area contributed by atoms with Crippen LogP contribution in [0.4, 0.5) is 4.39 Å². The SMILES string of the molecule is CCNC(CCc1cc(F)cc(Br)c1)C(C)(C)C. The number of hydrogen-bond acceptors (Lipinski definition) is 1. The zero-order valence-electron chi connectivity index (χ0n) is 11.7. The third-order valence-corrected chi connectivity index (χ3v) is 3.60. The highest BCUT2D eigenvalue weighted by Crippen LogP contribution is 2.24. The highest BCUT2D eigenvalue weighted by molar-refractivity contribution is 9.10. The van der Waals surface area contributed by atoms with Gasteiger partial charge < -0.3 is 5.32 Å². The normalized spacial score (nSPS) is 13.7. The maximum Gasteiger partial charge on any atom is 0.124 e. The molecule has 0 aliphatic rings. The van der Waals surface area contributed by atoms with E-state index in [4.69, 9.17) is 0 Å². The highest BCUT2D eigenvalue weighted by atomic mass is 79.9. The first-order valence-corrected chi connectivity index (χ1v) is 7.30. The predicted octanol–water partition coefficient (Wildman–Crippen LogP) is 4.55. The lowest BCUT2D eigenvalue weighted by Crippen LogP contribution is -2.40. The van der Waals surface area contributed by atoms with E-state index in [-0.39, 0.29) is 11.2 Å². The Labute approximate surface area is 118 Å². The molecule has 0 heterocycles. The number of hydrogen-bond donors (Lipinski definition) is 1. The van der Waals surface area contributed by atoms with Gasteiger partial charge in [0, 0.05) is 10.5 Å². The molecule has 0 saturated carbocycles. The number of aryl methyl sites for hydroxylation is 1. The number of benzene rings is 1. The van der Waals surface area contributed by atoms with Crippen LogP contribution in [0.3, 0.4) is 0 Å². The first kappa shape index (κ1) is 15.6. The van der Waals surface area contributed by atoms with E-state index in [0.717, 1.165) is 29.4 Å². The summed E-state index contributed by atoms with van der Waals surface area (Å²) < 4.78 is 14.1. The van der Waals surface area contributed by atoms with Gasteiger partial charge in [0.2, 0.25) is 0 Å². The van der Waals surface area contributed by atoms with Gasteiger partial charge in [0.1, 0.15) is 5.82 Å². The van der Waals surface area contributed by atoms with E-state index >= 15 is 0 Å². The molecule has 0 saturated heterocycles. The molecule has 1 N–H and O–H groups in total. The lowest BCUT2D eigenvalue weighted by Gasteiger charge is -2.31. The Kier molecular flexibility index (Phi) is 5.80. The summed E-state index contributed by atoms with van der Waals surface area (Å²) in [5.74, 6) is -0.171. The maximum atomic E-state index is 13.3. The molecule has 0 aliphatic heterocycles. The van der Waals surface area contributed by atoms with Crippen LogP contribution in [0, 0.1) is 11.2 Å². The molecule has 0 aliphatic carbocycles. The summed E-state index contributed by atoms with van der Waals surface area (Å²) in [6.45, 7) is 9.80. The standard InChI is InChI=1S/C15H23BrFN/c1-5-18-14(15(2,3)4)7-6-11-8-12(16)10-13(17)9-11/h8-10,14,18H,5-7H2,1-4H3. The monoisotopic (exact) mass is 315 g/mol. The quantitative estimate of drug-likeness (QED) is 0.840. The molecule has 0 spiro atoms. The van der Waals surface area contributed by atoms with Crippen molar-refractivity contribution in [2.45, 2.75) is 46.6 Å². The summed E-state index contributed by atoms with van der Waals surface area (Å²) >= 11 is 3.33. The minimum Gasteiger partial charge on any atom is -0.314 e. The van der Waals surface area contributed by atoms with Crippen LogP contribution in [0.25, 0.3) is 0 Å². The van der Waals surface area contributed by atoms with Gasteiger partial charge in [-0.2, -0.15) is 0 Å². The van der Waals surface area contributed by atoms with Gasteiger partial charge in [-0.05, 0) is 48.6 Å². The molecule has 1 aromatic rings. The van der Waals surface area contributed by atoms with Crippen molar-refractivity contribution < 1.29 is 4.39 Å². The van der Waals surface area contributed by atoms with Gasteiger partial charge in [-0.15, -0.1) is 0 Å². The van der Waals surface area contributed by atoms with Crippen molar-refractivity contribution in [1.82, 2.24) is 5.32 Å². The predicted molar refractivity (Wildman–Crippen MR) is 79.3 cm³/mol. The Morgan fingerprint density at radius 3 is 2.44 bits per heavy atom. The summed E-state index contributed by atoms with van der Waals surface area (Å²) in [4.78, 5) is 0. The zero-order chi connectivity index (χ0) is 13.8. The minimum atomic E-state index is -0.171. The molecule has 0 fully saturated rings. The van der Waals surface area contributed by atoms with Crippen molar-refractivity contribution in [1.29, 1.82) is 0 Å². The second-order valence-corrected chi connectivity index (χ2v) is 6.71. The van der Waals surface area contributed by atoms with E-state index in [0.29, 0.717) is 6.04 Å². The Morgan fingerprint density at radius 1 is 1.28 bits per heavy atom. The molecular formula is C15H23BrFN. The lowest BCUT2D eigenvalue weighted by molar-refractivity contribution is 0.258. The number of halogens is 2. The molecule has 1 aromatic carbocycles. The topological polar surface area (TPSA) is 12.0 Å². The smallest absolute Gasteiger partial charge is 0.124 e. The second kappa shape index (κ2) is 6.67. The molecule has 0 radical (unpaired) electrons. The molecule has 1 unspecified atom stereocenters. The van der Waals surface area contributed by atoms with Gasteiger partial charge in [0.15, 0.2) is 0 Å². The van der Waals surface area contributed by atoms with Crippen LogP contribution >= 0.6 is 15.9 Å². The summed E-state index contributed by atoms with van der Waals surface area (Å²) in [5, 5.41) is 3.52. The van der Waals surface area contributed by atoms with Crippen LogP contribution in [0.5, 0.6) is 0 Å². The Morgan fingerprint density at radius 2 is 1.94 bits per heavy atom. The van der Waals surface area contributed by atoms with E-state index in [1.807, 2.05) is 6.07 Å². The van der Waals surface area contributed by atoms with Crippen molar-refractivity contribution in [2.75, 3.05) is 6.54 Å². The summed E-state index contributed by atoms with van der Waals surface area (Å²) in [6.07, 6.45) is 1.92. The fourth-order valence-corrected chi connectivity index (χ4v) is 2.67. The van der Waals surface area contributed by atoms with Crippen LogP contribution in [0.2, 0.25) is 0 Å². The molecule has 0 amide bonds. The van der Waals surface area contributed by atoms with Crippen LogP contribution < -0.4 is 5.32 Å². The van der Waals surface area contributed by atoms with Gasteiger partial charge in [0.05, 0.1) is 0 Å². The fourth-order valence-electron chi connectivity index (χ4n) is 2.15. The molecule has 3 heteroatoms. The summed E-state index contributed by atoms with van der Waals surface area (Å²) in [5.41, 5.74) is 1.27. The molecule has 1 nitrogen and oxygen atoms in total. The molecule has 0 aromatic heterocycles. The van der Waals surface area contributed by atoms with Crippen LogP contribution in [-0.4, -0.2) is 12.6 Å². The summed E-state index contributed by atoms with van der Waals surface area (Å²) in [6, 6.07) is 5.56. The number of nitrogens with one attached hydrogen (secondary N) is 1. The maximum absolute atomic E-state index is 13.3. The van der Waals surface area contributed by atoms with Gasteiger partial charge in [-0.25, -0.2) is 4.39 Å². The van der Waals surface area contributed by atoms with Gasteiger partial charge in [-0.3, -0.25) is 0 Å². The van der Waals surface area contributed by atoms with E-state index in [2.05, 4.69) is 48.9 Å². The lowest BCUT2D eigenvalue weighted by atomic mass is 9.83. The first-order chi connectivity index (χ1) is 8.32.